The smallest absolute Gasteiger partial charge is 0.270 e. The van der Waals surface area contributed by atoms with Crippen LogP contribution in [-0.4, -0.2) is 37.5 Å². The summed E-state index contributed by atoms with van der Waals surface area (Å²) in [6.07, 6.45) is 1.42. The first kappa shape index (κ1) is 17.1. The number of halogens is 1. The molecule has 0 atom stereocenters. The quantitative estimate of drug-likeness (QED) is 0.552. The van der Waals surface area contributed by atoms with E-state index >= 15 is 0 Å². The highest BCUT2D eigenvalue weighted by Gasteiger charge is 2.27. The summed E-state index contributed by atoms with van der Waals surface area (Å²) in [5, 5.41) is 10.3. The molecule has 4 aromatic rings. The van der Waals surface area contributed by atoms with E-state index in [2.05, 4.69) is 20.2 Å². The Morgan fingerprint density at radius 3 is 3.04 bits per heavy atom. The molecule has 5 rings (SSSR count). The Balaban J connectivity index is 1.47. The van der Waals surface area contributed by atoms with Gasteiger partial charge in [0, 0.05) is 40.5 Å². The fourth-order valence-corrected chi connectivity index (χ4v) is 4.40. The summed E-state index contributed by atoms with van der Waals surface area (Å²) in [7, 11) is 0. The van der Waals surface area contributed by atoms with Crippen molar-refractivity contribution in [2.24, 2.45) is 0 Å². The molecule has 8 heteroatoms. The monoisotopic (exact) mass is 395 g/mol. The lowest BCUT2D eigenvalue weighted by molar-refractivity contribution is 0.0729. The molecule has 28 heavy (non-hydrogen) atoms. The molecule has 6 nitrogen and oxygen atoms in total. The van der Waals surface area contributed by atoms with Gasteiger partial charge in [0.15, 0.2) is 0 Å². The summed E-state index contributed by atoms with van der Waals surface area (Å²) in [5.74, 6) is -0.381. The minimum absolute atomic E-state index is 0.0882. The minimum Gasteiger partial charge on any atom is -0.350 e. The Bertz CT molecular complexity index is 1180. The van der Waals surface area contributed by atoms with E-state index < -0.39 is 0 Å². The van der Waals surface area contributed by atoms with Crippen molar-refractivity contribution < 1.29 is 9.18 Å². The number of hydrogen-bond acceptors (Lipinski definition) is 4. The number of H-pyrrole nitrogens is 2. The molecule has 1 aliphatic rings. The average Bonchev–Trinajstić information content (AvgIpc) is 3.44. The van der Waals surface area contributed by atoms with Gasteiger partial charge in [0.1, 0.15) is 22.9 Å². The van der Waals surface area contributed by atoms with E-state index in [1.807, 2.05) is 18.4 Å². The first-order valence-corrected chi connectivity index (χ1v) is 10.1. The number of amides is 1. The highest BCUT2D eigenvalue weighted by Crippen LogP contribution is 2.29. The summed E-state index contributed by atoms with van der Waals surface area (Å²) < 4.78 is 13.8. The van der Waals surface area contributed by atoms with Crippen LogP contribution in [0.25, 0.3) is 22.3 Å². The van der Waals surface area contributed by atoms with E-state index in [0.29, 0.717) is 37.1 Å². The Labute approximate surface area is 164 Å². The molecular weight excluding hydrogens is 377 g/mol. The van der Waals surface area contributed by atoms with E-state index in [1.54, 1.807) is 10.4 Å². The third-order valence-electron chi connectivity index (χ3n) is 5.30. The molecule has 0 saturated heterocycles. The Morgan fingerprint density at radius 2 is 2.25 bits per heavy atom. The van der Waals surface area contributed by atoms with Crippen LogP contribution in [0.1, 0.15) is 34.2 Å². The molecule has 0 fully saturated rings. The van der Waals surface area contributed by atoms with Gasteiger partial charge in [0.25, 0.3) is 5.91 Å². The van der Waals surface area contributed by atoms with Gasteiger partial charge in [-0.15, -0.1) is 11.3 Å². The number of thiazole rings is 1. The lowest BCUT2D eigenvalue weighted by Gasteiger charge is -2.26. The van der Waals surface area contributed by atoms with Crippen LogP contribution in [0.2, 0.25) is 0 Å². The van der Waals surface area contributed by atoms with Crippen LogP contribution in [0.4, 0.5) is 4.39 Å². The zero-order valence-electron chi connectivity index (χ0n) is 15.3. The van der Waals surface area contributed by atoms with Gasteiger partial charge >= 0.3 is 0 Å². The fourth-order valence-electron chi connectivity index (χ4n) is 3.86. The first-order chi connectivity index (χ1) is 13.6. The zero-order chi connectivity index (χ0) is 19.3. The summed E-state index contributed by atoms with van der Waals surface area (Å²) in [6, 6.07) is 4.81. The lowest BCUT2D eigenvalue weighted by Crippen LogP contribution is -2.36. The number of aromatic nitrogens is 4. The van der Waals surface area contributed by atoms with Gasteiger partial charge in [0.2, 0.25) is 0 Å². The molecule has 0 saturated carbocycles. The highest BCUT2D eigenvalue weighted by molar-refractivity contribution is 7.07. The average molecular weight is 395 g/mol. The van der Waals surface area contributed by atoms with Crippen molar-refractivity contribution in [2.75, 3.05) is 6.54 Å². The van der Waals surface area contributed by atoms with Crippen molar-refractivity contribution in [3.05, 3.63) is 57.4 Å². The first-order valence-electron chi connectivity index (χ1n) is 9.19. The number of aromatic amines is 2. The number of fused-ring (bicyclic) bond motifs is 2. The Hall–Kier alpha value is -3.00. The van der Waals surface area contributed by atoms with E-state index in [-0.39, 0.29) is 11.7 Å². The van der Waals surface area contributed by atoms with Crippen LogP contribution in [0, 0.1) is 5.82 Å². The fraction of sp³-hybridized carbons (Fsp3) is 0.250. The highest BCUT2D eigenvalue weighted by atomic mass is 32.1. The van der Waals surface area contributed by atoms with Gasteiger partial charge in [-0.3, -0.25) is 9.89 Å². The van der Waals surface area contributed by atoms with Gasteiger partial charge in [-0.1, -0.05) is 6.92 Å². The molecule has 0 radical (unpaired) electrons. The second kappa shape index (κ2) is 6.56. The maximum absolute atomic E-state index is 13.8. The second-order valence-corrected chi connectivity index (χ2v) is 7.66. The third kappa shape index (κ3) is 2.72. The van der Waals surface area contributed by atoms with Gasteiger partial charge < -0.3 is 9.88 Å². The number of benzene rings is 1. The van der Waals surface area contributed by atoms with Crippen molar-refractivity contribution in [3.63, 3.8) is 0 Å². The number of aryl methyl sites for hydroxylation is 1. The van der Waals surface area contributed by atoms with E-state index in [0.717, 1.165) is 33.6 Å². The molecule has 0 aliphatic carbocycles. The maximum atomic E-state index is 13.8. The molecule has 0 spiro atoms. The van der Waals surface area contributed by atoms with E-state index in [4.69, 9.17) is 0 Å². The number of carbonyl (C=O) groups excluding carboxylic acids is 1. The van der Waals surface area contributed by atoms with Crippen LogP contribution in [-0.2, 0) is 19.4 Å². The van der Waals surface area contributed by atoms with Crippen molar-refractivity contribution in [1.82, 2.24) is 25.1 Å². The molecule has 0 unspecified atom stereocenters. The van der Waals surface area contributed by atoms with Crippen molar-refractivity contribution in [1.29, 1.82) is 0 Å². The molecule has 3 aromatic heterocycles. The maximum Gasteiger partial charge on any atom is 0.270 e. The molecule has 2 N–H and O–H groups in total. The minimum atomic E-state index is -0.292. The summed E-state index contributed by atoms with van der Waals surface area (Å²) >= 11 is 1.52. The second-order valence-electron chi connectivity index (χ2n) is 6.94. The van der Waals surface area contributed by atoms with E-state index in [9.17, 15) is 9.18 Å². The van der Waals surface area contributed by atoms with Crippen LogP contribution < -0.4 is 0 Å². The predicted molar refractivity (Wildman–Crippen MR) is 106 cm³/mol. The molecular formula is C20H18FN5OS. The Morgan fingerprint density at radius 1 is 1.36 bits per heavy atom. The number of hydrogen-bond donors (Lipinski definition) is 2. The Kier molecular flexibility index (Phi) is 4.01. The standard InChI is InChI=1S/C20H18FN5OS/c1-2-11-5-12(21)6-16-13(11)7-17(23-16)20(27)26-4-3-15-14(8-26)19(25-24-15)18-9-28-10-22-18/h5-7,9-10,23H,2-4,8H2,1H3,(H,24,25). The number of rotatable bonds is 3. The molecule has 1 amide bonds. The number of nitrogens with one attached hydrogen (secondary N) is 2. The molecule has 142 valence electrons. The van der Waals surface area contributed by atoms with Crippen molar-refractivity contribution in [3.8, 4) is 11.4 Å². The number of nitrogens with zero attached hydrogens (tertiary/aromatic N) is 3. The van der Waals surface area contributed by atoms with Gasteiger partial charge in [-0.25, -0.2) is 9.37 Å². The lowest BCUT2D eigenvalue weighted by atomic mass is 10.0. The molecule has 1 aliphatic heterocycles. The number of carbonyl (C=O) groups is 1. The summed E-state index contributed by atoms with van der Waals surface area (Å²) in [6.45, 7) is 3.06. The van der Waals surface area contributed by atoms with Crippen LogP contribution in [0.15, 0.2) is 29.1 Å². The third-order valence-corrected chi connectivity index (χ3v) is 5.88. The van der Waals surface area contributed by atoms with Crippen LogP contribution in [0.5, 0.6) is 0 Å². The SMILES string of the molecule is CCc1cc(F)cc2[nH]c(C(=O)N3CCc4[nH]nc(-c5cscn5)c4C3)cc12. The summed E-state index contributed by atoms with van der Waals surface area (Å²) in [4.78, 5) is 22.4. The van der Waals surface area contributed by atoms with E-state index in [1.165, 1.54) is 23.5 Å². The van der Waals surface area contributed by atoms with Crippen LogP contribution >= 0.6 is 11.3 Å². The normalized spacial score (nSPS) is 13.9. The molecule has 0 bridgehead atoms. The van der Waals surface area contributed by atoms with Crippen molar-refractivity contribution >= 4 is 28.1 Å². The molecule has 4 heterocycles. The summed E-state index contributed by atoms with van der Waals surface area (Å²) in [5.41, 5.74) is 7.51. The van der Waals surface area contributed by atoms with Crippen molar-refractivity contribution in [2.45, 2.75) is 26.3 Å². The molecule has 1 aromatic carbocycles. The topological polar surface area (TPSA) is 77.7 Å². The van der Waals surface area contributed by atoms with Gasteiger partial charge in [-0.05, 0) is 30.2 Å². The van der Waals surface area contributed by atoms with Gasteiger partial charge in [0.05, 0.1) is 12.1 Å². The zero-order valence-corrected chi connectivity index (χ0v) is 16.1. The van der Waals surface area contributed by atoms with Crippen LogP contribution in [0.3, 0.4) is 0 Å². The largest absolute Gasteiger partial charge is 0.350 e. The van der Waals surface area contributed by atoms with Gasteiger partial charge in [-0.2, -0.15) is 5.10 Å². The predicted octanol–water partition coefficient (Wildman–Crippen LogP) is 3.91.